The van der Waals surface area contributed by atoms with E-state index >= 15 is 0 Å². The molecule has 2 N–H and O–H groups in total. The van der Waals surface area contributed by atoms with Gasteiger partial charge in [0.05, 0.1) is 6.33 Å². The Labute approximate surface area is 51.9 Å². The van der Waals surface area contributed by atoms with Gasteiger partial charge in [-0.1, -0.05) is 0 Å². The van der Waals surface area contributed by atoms with Crippen LogP contribution in [0.15, 0.2) is 11.9 Å². The standard InChI is InChI=1S/C5H7FN2O/c6-3-4-1-2-8(7)5(4)9/h3H,1-2,7H2/b4-3+. The molecule has 0 atom stereocenters. The quantitative estimate of drug-likeness (QED) is 0.284. The average molecular weight is 130 g/mol. The Kier molecular flexibility index (Phi) is 1.48. The van der Waals surface area contributed by atoms with E-state index in [1.807, 2.05) is 0 Å². The van der Waals surface area contributed by atoms with Crippen LogP contribution in [0.5, 0.6) is 0 Å². The topological polar surface area (TPSA) is 46.3 Å². The van der Waals surface area contributed by atoms with Gasteiger partial charge in [0.25, 0.3) is 5.91 Å². The van der Waals surface area contributed by atoms with Gasteiger partial charge in [-0.05, 0) is 6.42 Å². The van der Waals surface area contributed by atoms with Crippen LogP contribution in [0.3, 0.4) is 0 Å². The highest BCUT2D eigenvalue weighted by molar-refractivity contribution is 5.94. The smallest absolute Gasteiger partial charge is 0.266 e. The van der Waals surface area contributed by atoms with Gasteiger partial charge in [0.15, 0.2) is 0 Å². The number of hydrazine groups is 1. The van der Waals surface area contributed by atoms with Crippen LogP contribution in [0.2, 0.25) is 0 Å². The first-order valence-electron chi connectivity index (χ1n) is 2.61. The van der Waals surface area contributed by atoms with E-state index in [1.54, 1.807) is 0 Å². The molecule has 1 saturated heterocycles. The van der Waals surface area contributed by atoms with E-state index in [4.69, 9.17) is 5.84 Å². The molecule has 0 aromatic carbocycles. The summed E-state index contributed by atoms with van der Waals surface area (Å²) in [5.41, 5.74) is 0.164. The van der Waals surface area contributed by atoms with Crippen LogP contribution >= 0.6 is 0 Å². The van der Waals surface area contributed by atoms with E-state index in [0.717, 1.165) is 5.01 Å². The fraction of sp³-hybridized carbons (Fsp3) is 0.400. The van der Waals surface area contributed by atoms with Crippen LogP contribution in [-0.4, -0.2) is 17.5 Å². The highest BCUT2D eigenvalue weighted by Crippen LogP contribution is 2.12. The van der Waals surface area contributed by atoms with E-state index in [2.05, 4.69) is 0 Å². The van der Waals surface area contributed by atoms with Crippen LogP contribution in [0, 0.1) is 0 Å². The first-order valence-corrected chi connectivity index (χ1v) is 2.61. The largest absolute Gasteiger partial charge is 0.276 e. The number of hydrogen-bond acceptors (Lipinski definition) is 2. The van der Waals surface area contributed by atoms with Gasteiger partial charge in [-0.2, -0.15) is 0 Å². The highest BCUT2D eigenvalue weighted by atomic mass is 19.1. The molecular weight excluding hydrogens is 123 g/mol. The molecule has 0 aliphatic carbocycles. The van der Waals surface area contributed by atoms with Crippen molar-refractivity contribution in [3.05, 3.63) is 11.9 Å². The number of hydrogen-bond donors (Lipinski definition) is 1. The third kappa shape index (κ3) is 0.929. The van der Waals surface area contributed by atoms with Gasteiger partial charge in [0.2, 0.25) is 0 Å². The van der Waals surface area contributed by atoms with E-state index in [9.17, 15) is 9.18 Å². The van der Waals surface area contributed by atoms with Gasteiger partial charge in [-0.25, -0.2) is 10.2 Å². The van der Waals surface area contributed by atoms with E-state index in [0.29, 0.717) is 19.3 Å². The lowest BCUT2D eigenvalue weighted by molar-refractivity contribution is -0.125. The number of nitrogens with two attached hydrogens (primary N) is 1. The lowest BCUT2D eigenvalue weighted by atomic mass is 10.3. The van der Waals surface area contributed by atoms with Crippen LogP contribution < -0.4 is 5.84 Å². The number of halogens is 1. The summed E-state index contributed by atoms with van der Waals surface area (Å²) in [6, 6.07) is 0. The van der Waals surface area contributed by atoms with Gasteiger partial charge in [0.1, 0.15) is 0 Å². The zero-order valence-corrected chi connectivity index (χ0v) is 4.80. The molecule has 3 nitrogen and oxygen atoms in total. The molecule has 1 aliphatic rings. The summed E-state index contributed by atoms with van der Waals surface area (Å²) < 4.78 is 11.7. The second-order valence-electron chi connectivity index (χ2n) is 1.88. The Morgan fingerprint density at radius 2 is 2.44 bits per heavy atom. The van der Waals surface area contributed by atoms with Crippen molar-refractivity contribution in [1.29, 1.82) is 0 Å². The van der Waals surface area contributed by atoms with Gasteiger partial charge < -0.3 is 0 Å². The van der Waals surface area contributed by atoms with Crippen LogP contribution in [0.1, 0.15) is 6.42 Å². The maximum atomic E-state index is 11.7. The normalized spacial score (nSPS) is 24.0. The van der Waals surface area contributed by atoms with Gasteiger partial charge in [0, 0.05) is 12.1 Å². The average Bonchev–Trinajstić information content (AvgIpc) is 2.15. The molecule has 1 fully saturated rings. The molecule has 50 valence electrons. The van der Waals surface area contributed by atoms with E-state index in [-0.39, 0.29) is 5.57 Å². The van der Waals surface area contributed by atoms with Crippen molar-refractivity contribution in [3.8, 4) is 0 Å². The monoisotopic (exact) mass is 130 g/mol. The SMILES string of the molecule is NN1CC/C(=C\F)C1=O. The van der Waals surface area contributed by atoms with Crippen molar-refractivity contribution in [2.45, 2.75) is 6.42 Å². The summed E-state index contributed by atoms with van der Waals surface area (Å²) in [7, 11) is 0. The van der Waals surface area contributed by atoms with Crippen molar-refractivity contribution in [1.82, 2.24) is 5.01 Å². The molecule has 0 unspecified atom stereocenters. The number of carbonyl (C=O) groups excluding carboxylic acids is 1. The third-order valence-electron chi connectivity index (χ3n) is 1.29. The molecule has 4 heteroatoms. The van der Waals surface area contributed by atoms with Crippen molar-refractivity contribution in [2.24, 2.45) is 5.84 Å². The molecule has 1 rings (SSSR count). The zero-order valence-electron chi connectivity index (χ0n) is 4.80. The lowest BCUT2D eigenvalue weighted by Crippen LogP contribution is -2.31. The molecule has 9 heavy (non-hydrogen) atoms. The number of rotatable bonds is 0. The van der Waals surface area contributed by atoms with Gasteiger partial charge in [-0.15, -0.1) is 0 Å². The molecule has 1 aliphatic heterocycles. The second-order valence-corrected chi connectivity index (χ2v) is 1.88. The molecule has 1 amide bonds. The molecule has 0 saturated carbocycles. The summed E-state index contributed by atoms with van der Waals surface area (Å²) in [5.74, 6) is 4.72. The predicted molar refractivity (Wildman–Crippen MR) is 29.7 cm³/mol. The van der Waals surface area contributed by atoms with E-state index in [1.165, 1.54) is 0 Å². The number of carbonyl (C=O) groups is 1. The molecule has 1 heterocycles. The van der Waals surface area contributed by atoms with Crippen LogP contribution in [0.4, 0.5) is 4.39 Å². The van der Waals surface area contributed by atoms with Crippen LogP contribution in [0.25, 0.3) is 0 Å². The number of amides is 1. The Morgan fingerprint density at radius 1 is 1.78 bits per heavy atom. The summed E-state index contributed by atoms with van der Waals surface area (Å²) in [4.78, 5) is 10.6. The first kappa shape index (κ1) is 6.22. The van der Waals surface area contributed by atoms with E-state index < -0.39 is 5.91 Å². The van der Waals surface area contributed by atoms with Crippen molar-refractivity contribution in [3.63, 3.8) is 0 Å². The van der Waals surface area contributed by atoms with Crippen molar-refractivity contribution < 1.29 is 9.18 Å². The van der Waals surface area contributed by atoms with Crippen LogP contribution in [-0.2, 0) is 4.79 Å². The molecule has 0 spiro atoms. The Balaban J connectivity index is 2.74. The summed E-state index contributed by atoms with van der Waals surface area (Å²) in [5, 5.41) is 1.01. The molecule has 0 aromatic heterocycles. The van der Waals surface area contributed by atoms with Crippen molar-refractivity contribution >= 4 is 5.91 Å². The lowest BCUT2D eigenvalue weighted by Gasteiger charge is -2.03. The molecule has 0 aromatic rings. The Bertz CT molecular complexity index is 166. The fourth-order valence-electron chi connectivity index (χ4n) is 0.735. The fourth-order valence-corrected chi connectivity index (χ4v) is 0.735. The maximum absolute atomic E-state index is 11.7. The minimum Gasteiger partial charge on any atom is -0.276 e. The zero-order chi connectivity index (χ0) is 6.85. The summed E-state index contributed by atoms with van der Waals surface area (Å²) >= 11 is 0. The first-order chi connectivity index (χ1) is 4.25. The number of nitrogens with zero attached hydrogens (tertiary/aromatic N) is 1. The van der Waals surface area contributed by atoms with Gasteiger partial charge >= 0.3 is 0 Å². The van der Waals surface area contributed by atoms with Gasteiger partial charge in [-0.3, -0.25) is 9.80 Å². The summed E-state index contributed by atoms with van der Waals surface area (Å²) in [6.07, 6.45) is 0.737. The highest BCUT2D eigenvalue weighted by Gasteiger charge is 2.22. The predicted octanol–water partition coefficient (Wildman–Crippen LogP) is -0.0542. The molecule has 0 radical (unpaired) electrons. The maximum Gasteiger partial charge on any atom is 0.266 e. The minimum absolute atomic E-state index is 0.164. The Hall–Kier alpha value is -0.900. The molecular formula is C5H7FN2O. The Morgan fingerprint density at radius 3 is 2.67 bits per heavy atom. The molecule has 0 bridgehead atoms. The minimum atomic E-state index is -0.405. The third-order valence-corrected chi connectivity index (χ3v) is 1.29. The summed E-state index contributed by atoms with van der Waals surface area (Å²) in [6.45, 7) is 0.425. The second kappa shape index (κ2) is 2.14. The van der Waals surface area contributed by atoms with Crippen molar-refractivity contribution in [2.75, 3.05) is 6.54 Å².